The van der Waals surface area contributed by atoms with E-state index in [9.17, 15) is 9.59 Å². The van der Waals surface area contributed by atoms with Crippen molar-refractivity contribution in [2.24, 2.45) is 11.7 Å². The summed E-state index contributed by atoms with van der Waals surface area (Å²) in [6.07, 6.45) is 5.53. The maximum absolute atomic E-state index is 13.1. The van der Waals surface area contributed by atoms with Crippen molar-refractivity contribution in [2.45, 2.75) is 26.9 Å². The molecule has 0 aliphatic carbocycles. The summed E-state index contributed by atoms with van der Waals surface area (Å²) in [5.41, 5.74) is 15.4. The Balaban J connectivity index is 1.30. The Labute approximate surface area is 236 Å². The SMILES string of the molecule is CCn1nc(C)cc1C(=O)Nc1nc2cccnc2n1CC=CCNc1c(N)cc(C(N)=O)cc1OCC1COC1. The van der Waals surface area contributed by atoms with Crippen LogP contribution in [-0.2, 0) is 17.8 Å². The van der Waals surface area contributed by atoms with Crippen LogP contribution >= 0.6 is 0 Å². The van der Waals surface area contributed by atoms with Gasteiger partial charge in [0.25, 0.3) is 5.91 Å². The molecule has 1 saturated heterocycles. The molecule has 4 heterocycles. The zero-order chi connectivity index (χ0) is 28.9. The van der Waals surface area contributed by atoms with Gasteiger partial charge in [-0.1, -0.05) is 12.2 Å². The minimum absolute atomic E-state index is 0.273. The molecule has 1 aromatic carbocycles. The molecule has 2 amide bonds. The van der Waals surface area contributed by atoms with Crippen LogP contribution in [0.2, 0.25) is 0 Å². The van der Waals surface area contributed by atoms with E-state index in [-0.39, 0.29) is 11.5 Å². The molecule has 1 aliphatic rings. The molecule has 0 unspecified atom stereocenters. The Morgan fingerprint density at radius 2 is 2.07 bits per heavy atom. The number of hydrogen-bond acceptors (Lipinski definition) is 9. The average molecular weight is 560 g/mol. The zero-order valence-electron chi connectivity index (χ0n) is 23.0. The topological polar surface area (TPSA) is 177 Å². The third-order valence-corrected chi connectivity index (χ3v) is 6.61. The number of benzene rings is 1. The standard InChI is InChI=1S/C28H33N9O4/c1-3-37-22(11-17(2)35-37)27(39)34-28-33-21-7-6-9-32-26(21)36(28)10-5-4-8-31-24-20(29)12-19(25(30)38)13-23(24)41-16-18-14-40-15-18/h4-7,9,11-13,18,31H,3,8,10,14-16,29H2,1-2H3,(H2,30,38)(H,33,34,39). The van der Waals surface area contributed by atoms with E-state index in [1.807, 2.05) is 36.6 Å². The number of pyridine rings is 1. The van der Waals surface area contributed by atoms with E-state index < -0.39 is 5.91 Å². The van der Waals surface area contributed by atoms with Gasteiger partial charge < -0.3 is 26.3 Å². The second-order valence-electron chi connectivity index (χ2n) is 9.70. The molecule has 13 nitrogen and oxygen atoms in total. The molecule has 4 aromatic rings. The summed E-state index contributed by atoms with van der Waals surface area (Å²) in [7, 11) is 0. The number of amides is 2. The number of ether oxygens (including phenoxy) is 2. The van der Waals surface area contributed by atoms with Crippen molar-refractivity contribution in [3.8, 4) is 5.75 Å². The molecule has 0 spiro atoms. The number of nitrogen functional groups attached to an aromatic ring is 1. The van der Waals surface area contributed by atoms with Crippen LogP contribution < -0.4 is 26.8 Å². The highest BCUT2D eigenvalue weighted by Gasteiger charge is 2.21. The Morgan fingerprint density at radius 1 is 1.24 bits per heavy atom. The first-order valence-electron chi connectivity index (χ1n) is 13.3. The molecule has 41 heavy (non-hydrogen) atoms. The summed E-state index contributed by atoms with van der Waals surface area (Å²) < 4.78 is 14.7. The molecule has 1 fully saturated rings. The first-order chi connectivity index (χ1) is 19.8. The van der Waals surface area contributed by atoms with Gasteiger partial charge in [0.05, 0.1) is 31.2 Å². The van der Waals surface area contributed by atoms with E-state index in [0.29, 0.717) is 85.3 Å². The summed E-state index contributed by atoms with van der Waals surface area (Å²) in [5.74, 6) is 0.241. The zero-order valence-corrected chi connectivity index (χ0v) is 23.0. The third-order valence-electron chi connectivity index (χ3n) is 6.61. The first-order valence-corrected chi connectivity index (χ1v) is 13.3. The molecule has 0 bridgehead atoms. The summed E-state index contributed by atoms with van der Waals surface area (Å²) in [5, 5.41) is 10.5. The molecular formula is C28H33N9O4. The van der Waals surface area contributed by atoms with E-state index in [1.165, 1.54) is 6.07 Å². The molecule has 214 valence electrons. The number of nitrogens with one attached hydrogen (secondary N) is 2. The van der Waals surface area contributed by atoms with E-state index >= 15 is 0 Å². The van der Waals surface area contributed by atoms with Crippen LogP contribution in [0.4, 0.5) is 17.3 Å². The van der Waals surface area contributed by atoms with Crippen molar-refractivity contribution in [2.75, 3.05) is 42.7 Å². The minimum Gasteiger partial charge on any atom is -0.491 e. The summed E-state index contributed by atoms with van der Waals surface area (Å²) >= 11 is 0. The van der Waals surface area contributed by atoms with Gasteiger partial charge in [0.2, 0.25) is 11.9 Å². The monoisotopic (exact) mass is 559 g/mol. The van der Waals surface area contributed by atoms with Gasteiger partial charge in [0, 0.05) is 37.3 Å². The van der Waals surface area contributed by atoms with E-state index in [4.69, 9.17) is 20.9 Å². The second kappa shape index (κ2) is 12.1. The van der Waals surface area contributed by atoms with Crippen molar-refractivity contribution >= 4 is 40.3 Å². The van der Waals surface area contributed by atoms with Crippen LogP contribution in [0.25, 0.3) is 11.2 Å². The molecule has 1 aliphatic heterocycles. The fourth-order valence-corrected chi connectivity index (χ4v) is 4.46. The van der Waals surface area contributed by atoms with E-state index in [0.717, 1.165) is 5.69 Å². The number of aryl methyl sites for hydroxylation is 2. The van der Waals surface area contributed by atoms with Crippen LogP contribution in [-0.4, -0.2) is 62.5 Å². The largest absolute Gasteiger partial charge is 0.491 e. The van der Waals surface area contributed by atoms with Crippen LogP contribution in [0.3, 0.4) is 0 Å². The molecule has 5 rings (SSSR count). The van der Waals surface area contributed by atoms with Crippen molar-refractivity contribution in [3.05, 3.63) is 65.6 Å². The number of anilines is 3. The normalized spacial score (nSPS) is 13.4. The van der Waals surface area contributed by atoms with Gasteiger partial charge in [-0.3, -0.25) is 24.2 Å². The highest BCUT2D eigenvalue weighted by molar-refractivity contribution is 6.03. The Bertz CT molecular complexity index is 1600. The molecule has 13 heteroatoms. The van der Waals surface area contributed by atoms with Gasteiger partial charge in [-0.05, 0) is 44.2 Å². The fraction of sp³-hybridized carbons (Fsp3) is 0.321. The maximum atomic E-state index is 13.1. The number of primary amides is 1. The second-order valence-corrected chi connectivity index (χ2v) is 9.70. The number of imidazole rings is 1. The van der Waals surface area contributed by atoms with Gasteiger partial charge in [-0.25, -0.2) is 9.97 Å². The highest BCUT2D eigenvalue weighted by atomic mass is 16.5. The highest BCUT2D eigenvalue weighted by Crippen LogP contribution is 2.33. The predicted octanol–water partition coefficient (Wildman–Crippen LogP) is 2.58. The van der Waals surface area contributed by atoms with Gasteiger partial charge >= 0.3 is 0 Å². The number of allylic oxidation sites excluding steroid dienone is 1. The number of hydrogen-bond donors (Lipinski definition) is 4. The lowest BCUT2D eigenvalue weighted by molar-refractivity contribution is -0.0507. The molecular weight excluding hydrogens is 526 g/mol. The van der Waals surface area contributed by atoms with Crippen LogP contribution in [0, 0.1) is 12.8 Å². The van der Waals surface area contributed by atoms with Crippen LogP contribution in [0.1, 0.15) is 33.5 Å². The Morgan fingerprint density at radius 3 is 2.80 bits per heavy atom. The number of rotatable bonds is 12. The predicted molar refractivity (Wildman–Crippen MR) is 155 cm³/mol. The van der Waals surface area contributed by atoms with Crippen molar-refractivity contribution < 1.29 is 19.1 Å². The first kappa shape index (κ1) is 27.6. The van der Waals surface area contributed by atoms with Gasteiger partial charge in [-0.15, -0.1) is 0 Å². The average Bonchev–Trinajstić information content (AvgIpc) is 3.48. The van der Waals surface area contributed by atoms with Gasteiger partial charge in [0.1, 0.15) is 22.6 Å². The molecule has 0 radical (unpaired) electrons. The Hall–Kier alpha value is -4.91. The number of carbonyl (C=O) groups excluding carboxylic acids is 2. The summed E-state index contributed by atoms with van der Waals surface area (Å²) in [6, 6.07) is 8.50. The Kier molecular flexibility index (Phi) is 8.15. The van der Waals surface area contributed by atoms with Gasteiger partial charge in [-0.2, -0.15) is 5.10 Å². The number of fused-ring (bicyclic) bond motifs is 1. The summed E-state index contributed by atoms with van der Waals surface area (Å²) in [4.78, 5) is 33.9. The van der Waals surface area contributed by atoms with Crippen LogP contribution in [0.15, 0.2) is 48.7 Å². The third kappa shape index (κ3) is 6.14. The molecule has 0 atom stereocenters. The quantitative estimate of drug-likeness (QED) is 0.150. The minimum atomic E-state index is -0.585. The molecule has 3 aromatic heterocycles. The molecule has 0 saturated carbocycles. The van der Waals surface area contributed by atoms with E-state index in [1.54, 1.807) is 29.1 Å². The lowest BCUT2D eigenvalue weighted by Gasteiger charge is -2.26. The van der Waals surface area contributed by atoms with Crippen molar-refractivity contribution in [1.82, 2.24) is 24.3 Å². The lowest BCUT2D eigenvalue weighted by atomic mass is 10.1. The smallest absolute Gasteiger partial charge is 0.276 e. The van der Waals surface area contributed by atoms with Crippen LogP contribution in [0.5, 0.6) is 5.75 Å². The summed E-state index contributed by atoms with van der Waals surface area (Å²) in [6.45, 7) is 6.88. The number of aromatic nitrogens is 5. The number of carbonyl (C=O) groups is 2. The van der Waals surface area contributed by atoms with Crippen molar-refractivity contribution in [3.63, 3.8) is 0 Å². The lowest BCUT2D eigenvalue weighted by Crippen LogP contribution is -2.32. The fourth-order valence-electron chi connectivity index (χ4n) is 4.46. The number of nitrogens with two attached hydrogens (primary N) is 2. The van der Waals surface area contributed by atoms with E-state index in [2.05, 4.69) is 25.7 Å². The maximum Gasteiger partial charge on any atom is 0.276 e. The number of nitrogens with zero attached hydrogens (tertiary/aromatic N) is 5. The molecule has 6 N–H and O–H groups in total. The van der Waals surface area contributed by atoms with Gasteiger partial charge in [0.15, 0.2) is 5.65 Å². The van der Waals surface area contributed by atoms with Crippen molar-refractivity contribution in [1.29, 1.82) is 0 Å².